The van der Waals surface area contributed by atoms with E-state index >= 15 is 9.59 Å². The van der Waals surface area contributed by atoms with Crippen molar-refractivity contribution in [2.24, 2.45) is 0 Å². The minimum absolute atomic E-state index is 0.105. The minimum atomic E-state index is -0.311. The molecule has 0 N–H and O–H groups in total. The molecular formula is C42H31N3O2S2. The molecule has 0 saturated heterocycles. The number of para-hydroxylation sites is 5. The molecule has 2 amide bonds. The van der Waals surface area contributed by atoms with Crippen LogP contribution in [0.4, 0.5) is 39.8 Å². The summed E-state index contributed by atoms with van der Waals surface area (Å²) < 4.78 is 0. The van der Waals surface area contributed by atoms with Crippen molar-refractivity contribution in [3.05, 3.63) is 150 Å². The SMILES string of the molecule is Cc1cccc(C(C)C)c1N1C(=O)c2c(N3c4ccccc4Sc4ccccc43)ccc(N3c4ccccc4Sc4ccccc43)c2C1=O. The Morgan fingerprint density at radius 2 is 0.837 bits per heavy atom. The van der Waals surface area contributed by atoms with Crippen LogP contribution in [-0.2, 0) is 0 Å². The van der Waals surface area contributed by atoms with Gasteiger partial charge in [0.2, 0.25) is 0 Å². The number of carbonyl (C=O) groups is 2. The fraction of sp³-hybridized carbons (Fsp3) is 0.0952. The van der Waals surface area contributed by atoms with Crippen molar-refractivity contribution in [1.29, 1.82) is 0 Å². The summed E-state index contributed by atoms with van der Waals surface area (Å²) in [4.78, 5) is 40.5. The van der Waals surface area contributed by atoms with E-state index in [-0.39, 0.29) is 17.7 Å². The van der Waals surface area contributed by atoms with Crippen molar-refractivity contribution >= 4 is 75.1 Å². The van der Waals surface area contributed by atoms with Crippen LogP contribution in [0.15, 0.2) is 147 Å². The summed E-state index contributed by atoms with van der Waals surface area (Å²) in [5.41, 5.74) is 8.62. The van der Waals surface area contributed by atoms with Gasteiger partial charge in [-0.1, -0.05) is 104 Å². The summed E-state index contributed by atoms with van der Waals surface area (Å²) in [7, 11) is 0. The first-order valence-electron chi connectivity index (χ1n) is 16.4. The van der Waals surface area contributed by atoms with Gasteiger partial charge in [-0.05, 0) is 84.6 Å². The highest BCUT2D eigenvalue weighted by Crippen LogP contribution is 2.57. The van der Waals surface area contributed by atoms with Crippen LogP contribution in [0.25, 0.3) is 0 Å². The Bertz CT molecular complexity index is 2140. The van der Waals surface area contributed by atoms with Gasteiger partial charge in [0.15, 0.2) is 0 Å². The van der Waals surface area contributed by atoms with Crippen LogP contribution in [0, 0.1) is 6.92 Å². The maximum absolute atomic E-state index is 15.2. The van der Waals surface area contributed by atoms with Gasteiger partial charge in [-0.2, -0.15) is 0 Å². The molecule has 0 aliphatic carbocycles. The maximum atomic E-state index is 15.2. The third-order valence-electron chi connectivity index (χ3n) is 9.46. The van der Waals surface area contributed by atoms with Gasteiger partial charge < -0.3 is 9.80 Å². The largest absolute Gasteiger partial charge is 0.307 e. The van der Waals surface area contributed by atoms with Crippen LogP contribution in [0.2, 0.25) is 0 Å². The summed E-state index contributed by atoms with van der Waals surface area (Å²) in [6, 6.07) is 43.1. The Hall–Kier alpha value is -5.24. The fourth-order valence-electron chi connectivity index (χ4n) is 7.29. The highest BCUT2D eigenvalue weighted by atomic mass is 32.2. The van der Waals surface area contributed by atoms with Crippen molar-refractivity contribution in [3.63, 3.8) is 0 Å². The van der Waals surface area contributed by atoms with E-state index in [1.165, 1.54) is 4.90 Å². The lowest BCUT2D eigenvalue weighted by Gasteiger charge is -2.36. The van der Waals surface area contributed by atoms with Gasteiger partial charge >= 0.3 is 0 Å². The Balaban J connectivity index is 1.35. The number of aryl methyl sites for hydroxylation is 1. The molecule has 0 spiro atoms. The molecule has 0 aromatic heterocycles. The van der Waals surface area contributed by atoms with E-state index in [1.54, 1.807) is 23.5 Å². The third kappa shape index (κ3) is 4.49. The number of carbonyl (C=O) groups excluding carboxylic acids is 2. The summed E-state index contributed by atoms with van der Waals surface area (Å²) >= 11 is 3.43. The van der Waals surface area contributed by atoms with Gasteiger partial charge in [-0.15, -0.1) is 0 Å². The lowest BCUT2D eigenvalue weighted by atomic mass is 9.97. The average Bonchev–Trinajstić information content (AvgIpc) is 3.38. The molecule has 6 aromatic carbocycles. The van der Waals surface area contributed by atoms with Crippen LogP contribution in [0.5, 0.6) is 0 Å². The molecule has 238 valence electrons. The summed E-state index contributed by atoms with van der Waals surface area (Å²) in [6.07, 6.45) is 0. The topological polar surface area (TPSA) is 43.9 Å². The smallest absolute Gasteiger partial charge is 0.268 e. The van der Waals surface area contributed by atoms with E-state index in [0.29, 0.717) is 28.2 Å². The second kappa shape index (κ2) is 11.4. The first-order valence-corrected chi connectivity index (χ1v) is 18.0. The highest BCUT2D eigenvalue weighted by Gasteiger charge is 2.45. The number of benzene rings is 6. The third-order valence-corrected chi connectivity index (χ3v) is 11.7. The molecule has 0 radical (unpaired) electrons. The number of hydrogen-bond acceptors (Lipinski definition) is 6. The zero-order chi connectivity index (χ0) is 33.4. The molecule has 6 aromatic rings. The van der Waals surface area contributed by atoms with Crippen molar-refractivity contribution in [1.82, 2.24) is 0 Å². The molecule has 5 nitrogen and oxygen atoms in total. The summed E-state index contributed by atoms with van der Waals surface area (Å²) in [6.45, 7) is 6.19. The summed E-state index contributed by atoms with van der Waals surface area (Å²) in [5, 5.41) is 0. The Labute approximate surface area is 294 Å². The Kier molecular flexibility index (Phi) is 6.97. The normalized spacial score (nSPS) is 14.4. The standard InChI is InChI=1S/C42H31N3O2S2/c1-25(2)27-14-12-13-26(3)40(27)45-41(46)38-32(43-28-15-4-8-19-34(28)48-35-20-9-5-16-29(35)43)23-24-33(39(38)42(45)47)44-30-17-6-10-21-36(30)49-37-22-11-7-18-31(37)44/h4-25H,1-3H3. The first kappa shape index (κ1) is 29.9. The van der Waals surface area contributed by atoms with Crippen molar-refractivity contribution < 1.29 is 9.59 Å². The molecule has 9 rings (SSSR count). The summed E-state index contributed by atoms with van der Waals surface area (Å²) in [5.74, 6) is -0.516. The average molecular weight is 674 g/mol. The van der Waals surface area contributed by atoms with E-state index in [2.05, 4.69) is 72.2 Å². The maximum Gasteiger partial charge on any atom is 0.268 e. The first-order chi connectivity index (χ1) is 23.9. The van der Waals surface area contributed by atoms with Crippen molar-refractivity contribution in [2.45, 2.75) is 46.3 Å². The Morgan fingerprint density at radius 1 is 0.449 bits per heavy atom. The predicted octanol–water partition coefficient (Wildman–Crippen LogP) is 11.8. The van der Waals surface area contributed by atoms with Gasteiger partial charge in [0.1, 0.15) is 0 Å². The number of amides is 2. The highest BCUT2D eigenvalue weighted by molar-refractivity contribution is 8.00. The number of imide groups is 1. The molecule has 0 unspecified atom stereocenters. The van der Waals surface area contributed by atoms with Crippen LogP contribution < -0.4 is 14.7 Å². The van der Waals surface area contributed by atoms with Gasteiger partial charge in [0, 0.05) is 19.6 Å². The van der Waals surface area contributed by atoms with Gasteiger partial charge in [-0.25, -0.2) is 4.90 Å². The van der Waals surface area contributed by atoms with E-state index in [0.717, 1.165) is 53.5 Å². The van der Waals surface area contributed by atoms with Gasteiger partial charge in [-0.3, -0.25) is 9.59 Å². The monoisotopic (exact) mass is 673 g/mol. The molecule has 0 saturated carbocycles. The quantitative estimate of drug-likeness (QED) is 0.173. The molecule has 3 heterocycles. The minimum Gasteiger partial charge on any atom is -0.307 e. The van der Waals surface area contributed by atoms with Crippen molar-refractivity contribution in [3.8, 4) is 0 Å². The van der Waals surface area contributed by atoms with Gasteiger partial charge in [0.25, 0.3) is 11.8 Å². The number of anilines is 7. The van der Waals surface area contributed by atoms with E-state index in [1.807, 2.05) is 85.8 Å². The fourth-order valence-corrected chi connectivity index (χ4v) is 9.40. The van der Waals surface area contributed by atoms with Crippen LogP contribution in [-0.4, -0.2) is 11.8 Å². The lowest BCUT2D eigenvalue weighted by Crippen LogP contribution is -2.32. The molecule has 7 heteroatoms. The van der Waals surface area contributed by atoms with Crippen LogP contribution >= 0.6 is 23.5 Å². The Morgan fingerprint density at radius 3 is 1.22 bits per heavy atom. The molecular weight excluding hydrogens is 643 g/mol. The predicted molar refractivity (Wildman–Crippen MR) is 200 cm³/mol. The number of rotatable bonds is 4. The van der Waals surface area contributed by atoms with Crippen LogP contribution in [0.3, 0.4) is 0 Å². The molecule has 0 atom stereocenters. The molecule has 3 aliphatic rings. The van der Waals surface area contributed by atoms with Gasteiger partial charge in [0.05, 0.1) is 50.9 Å². The number of fused-ring (bicyclic) bond motifs is 5. The lowest BCUT2D eigenvalue weighted by molar-refractivity contribution is 0.0926. The van der Waals surface area contributed by atoms with Crippen molar-refractivity contribution in [2.75, 3.05) is 14.7 Å². The molecule has 49 heavy (non-hydrogen) atoms. The molecule has 0 fully saturated rings. The number of nitrogens with zero attached hydrogens (tertiary/aromatic N) is 3. The molecule has 3 aliphatic heterocycles. The van der Waals surface area contributed by atoms with E-state index in [9.17, 15) is 0 Å². The second-order valence-corrected chi connectivity index (χ2v) is 14.9. The van der Waals surface area contributed by atoms with Crippen LogP contribution in [0.1, 0.15) is 51.6 Å². The zero-order valence-corrected chi connectivity index (χ0v) is 28.8. The number of hydrogen-bond donors (Lipinski definition) is 0. The van der Waals surface area contributed by atoms with E-state index < -0.39 is 0 Å². The second-order valence-electron chi connectivity index (χ2n) is 12.7. The zero-order valence-electron chi connectivity index (χ0n) is 27.2. The molecule has 0 bridgehead atoms. The van der Waals surface area contributed by atoms with E-state index in [4.69, 9.17) is 0 Å².